The fourth-order valence-electron chi connectivity index (χ4n) is 3.26. The number of imidazole rings is 1. The van der Waals surface area contributed by atoms with Crippen molar-refractivity contribution in [3.63, 3.8) is 0 Å². The number of hydrogen-bond acceptors (Lipinski definition) is 6. The maximum atomic E-state index is 12.9. The number of carbonyl (C=O) groups excluding carboxylic acids is 1. The van der Waals surface area contributed by atoms with Gasteiger partial charge in [-0.05, 0) is 49.4 Å². The molecule has 1 unspecified atom stereocenters. The number of hydrogen-bond donors (Lipinski definition) is 1. The Bertz CT molecular complexity index is 1410. The molecule has 0 radical (unpaired) electrons. The number of aromatic nitrogens is 4. The number of ether oxygens (including phenoxy) is 1. The van der Waals surface area contributed by atoms with Crippen LogP contribution in [0.2, 0.25) is 0 Å². The summed E-state index contributed by atoms with van der Waals surface area (Å²) in [5.41, 5.74) is 1.36. The molecule has 0 saturated carbocycles. The van der Waals surface area contributed by atoms with Crippen LogP contribution in [0.25, 0.3) is 17.0 Å². The molecule has 4 aromatic rings. The van der Waals surface area contributed by atoms with Crippen molar-refractivity contribution in [2.75, 3.05) is 0 Å². The van der Waals surface area contributed by atoms with E-state index in [1.165, 1.54) is 12.3 Å². The summed E-state index contributed by atoms with van der Waals surface area (Å²) >= 11 is 3.09. The van der Waals surface area contributed by atoms with E-state index >= 15 is 0 Å². The number of carbonyl (C=O) groups is 1. The minimum atomic E-state index is -4.90. The first-order valence-electron chi connectivity index (χ1n) is 9.72. The van der Waals surface area contributed by atoms with Crippen molar-refractivity contribution < 1.29 is 22.7 Å². The van der Waals surface area contributed by atoms with Crippen molar-refractivity contribution in [3.05, 3.63) is 76.3 Å². The molecular formula is C22H14BrF3N6O2. The van der Waals surface area contributed by atoms with E-state index in [2.05, 4.69) is 40.9 Å². The second-order valence-electron chi connectivity index (χ2n) is 7.09. The highest BCUT2D eigenvalue weighted by atomic mass is 79.9. The predicted octanol–water partition coefficient (Wildman–Crippen LogP) is 4.84. The molecule has 3 aromatic heterocycles. The molecule has 0 spiro atoms. The number of amides is 1. The number of fused-ring (bicyclic) bond motifs is 1. The van der Waals surface area contributed by atoms with Crippen molar-refractivity contribution in [2.24, 2.45) is 0 Å². The molecule has 172 valence electrons. The van der Waals surface area contributed by atoms with Crippen LogP contribution >= 0.6 is 15.9 Å². The van der Waals surface area contributed by atoms with Crippen molar-refractivity contribution in [1.82, 2.24) is 24.8 Å². The Labute approximate surface area is 199 Å². The molecule has 34 heavy (non-hydrogen) atoms. The Morgan fingerprint density at radius 1 is 1.24 bits per heavy atom. The summed E-state index contributed by atoms with van der Waals surface area (Å²) in [5, 5.41) is 11.8. The van der Waals surface area contributed by atoms with E-state index in [0.717, 1.165) is 12.1 Å². The molecule has 0 fully saturated rings. The average Bonchev–Trinajstić information content (AvgIpc) is 3.17. The van der Waals surface area contributed by atoms with Gasteiger partial charge >= 0.3 is 6.36 Å². The summed E-state index contributed by atoms with van der Waals surface area (Å²) in [5.74, 6) is -0.348. The Kier molecular flexibility index (Phi) is 6.21. The maximum absolute atomic E-state index is 12.9. The highest BCUT2D eigenvalue weighted by molar-refractivity contribution is 9.10. The van der Waals surface area contributed by atoms with Crippen LogP contribution in [0.5, 0.6) is 5.75 Å². The molecule has 0 aliphatic carbocycles. The molecule has 1 N–H and O–H groups in total. The minimum Gasteiger partial charge on any atom is -0.406 e. The van der Waals surface area contributed by atoms with Crippen LogP contribution in [0.3, 0.4) is 0 Å². The van der Waals surface area contributed by atoms with Crippen LogP contribution in [0.1, 0.15) is 34.7 Å². The Balaban J connectivity index is 1.68. The van der Waals surface area contributed by atoms with Gasteiger partial charge in [0.05, 0.1) is 11.6 Å². The topological polar surface area (TPSA) is 106 Å². The van der Waals surface area contributed by atoms with Gasteiger partial charge in [-0.15, -0.1) is 13.2 Å². The van der Waals surface area contributed by atoms with E-state index in [4.69, 9.17) is 5.26 Å². The molecule has 1 atom stereocenters. The zero-order valence-corrected chi connectivity index (χ0v) is 18.9. The van der Waals surface area contributed by atoms with E-state index in [-0.39, 0.29) is 10.0 Å². The lowest BCUT2D eigenvalue weighted by atomic mass is 10.2. The van der Waals surface area contributed by atoms with E-state index in [0.29, 0.717) is 28.4 Å². The smallest absolute Gasteiger partial charge is 0.406 e. The number of alkyl halides is 3. The summed E-state index contributed by atoms with van der Waals surface area (Å²) in [6, 6.07) is 11.5. The fraction of sp³-hybridized carbons (Fsp3) is 0.136. The molecule has 1 amide bonds. The van der Waals surface area contributed by atoms with Gasteiger partial charge in [-0.1, -0.05) is 15.9 Å². The van der Waals surface area contributed by atoms with E-state index < -0.39 is 24.1 Å². The van der Waals surface area contributed by atoms with Gasteiger partial charge in [0.25, 0.3) is 5.91 Å². The van der Waals surface area contributed by atoms with Crippen LogP contribution < -0.4 is 10.1 Å². The summed E-state index contributed by atoms with van der Waals surface area (Å²) in [6.07, 6.45) is -1.91. The zero-order chi connectivity index (χ0) is 24.5. The Morgan fingerprint density at radius 3 is 2.71 bits per heavy atom. The average molecular weight is 531 g/mol. The second kappa shape index (κ2) is 9.11. The normalized spacial score (nSPS) is 12.2. The zero-order valence-electron chi connectivity index (χ0n) is 17.3. The summed E-state index contributed by atoms with van der Waals surface area (Å²) in [7, 11) is 0. The SMILES string of the molecule is CC(NC(=O)c1cc(Br)cc(OC(F)(F)F)c1)c1nc2cccnc2n1-c1ccc(C#N)cn1. The van der Waals surface area contributed by atoms with Crippen molar-refractivity contribution >= 4 is 33.0 Å². The quantitative estimate of drug-likeness (QED) is 0.395. The van der Waals surface area contributed by atoms with Gasteiger partial charge in [0.1, 0.15) is 29.0 Å². The first-order valence-corrected chi connectivity index (χ1v) is 10.5. The Morgan fingerprint density at radius 2 is 2.03 bits per heavy atom. The predicted molar refractivity (Wildman–Crippen MR) is 118 cm³/mol. The van der Waals surface area contributed by atoms with E-state index in [1.807, 2.05) is 6.07 Å². The van der Waals surface area contributed by atoms with Gasteiger partial charge in [0.15, 0.2) is 5.65 Å². The number of nitrogens with one attached hydrogen (secondary N) is 1. The summed E-state index contributed by atoms with van der Waals surface area (Å²) in [6.45, 7) is 1.67. The van der Waals surface area contributed by atoms with Gasteiger partial charge < -0.3 is 10.1 Å². The minimum absolute atomic E-state index is 0.0437. The standard InChI is InChI=1S/C22H14BrF3N6O2/c1-12(30-21(33)14-7-15(23)9-16(8-14)34-22(24,25)26)19-31-17-3-2-6-28-20(17)32(19)18-5-4-13(10-27)11-29-18/h2-9,11-12H,1H3,(H,30,33). The van der Waals surface area contributed by atoms with Gasteiger partial charge in [0.2, 0.25) is 0 Å². The highest BCUT2D eigenvalue weighted by Crippen LogP contribution is 2.28. The number of benzene rings is 1. The first-order chi connectivity index (χ1) is 16.1. The summed E-state index contributed by atoms with van der Waals surface area (Å²) in [4.78, 5) is 26.1. The third-order valence-electron chi connectivity index (χ3n) is 4.65. The van der Waals surface area contributed by atoms with E-state index in [1.54, 1.807) is 42.0 Å². The number of pyridine rings is 2. The van der Waals surface area contributed by atoms with Crippen molar-refractivity contribution in [3.8, 4) is 17.6 Å². The molecule has 0 saturated heterocycles. The van der Waals surface area contributed by atoms with Crippen LogP contribution in [0, 0.1) is 11.3 Å². The van der Waals surface area contributed by atoms with Gasteiger partial charge in [-0.25, -0.2) is 15.0 Å². The van der Waals surface area contributed by atoms with Crippen LogP contribution in [0.15, 0.2) is 59.3 Å². The molecule has 4 rings (SSSR count). The molecule has 8 nitrogen and oxygen atoms in total. The fourth-order valence-corrected chi connectivity index (χ4v) is 3.73. The van der Waals surface area contributed by atoms with Crippen LogP contribution in [-0.2, 0) is 0 Å². The highest BCUT2D eigenvalue weighted by Gasteiger charge is 2.31. The number of halogens is 4. The van der Waals surface area contributed by atoms with Gasteiger partial charge in [0, 0.05) is 22.4 Å². The lowest BCUT2D eigenvalue weighted by Crippen LogP contribution is -2.29. The van der Waals surface area contributed by atoms with Crippen molar-refractivity contribution in [2.45, 2.75) is 19.3 Å². The molecule has 0 aliphatic heterocycles. The molecule has 0 bridgehead atoms. The van der Waals surface area contributed by atoms with Crippen LogP contribution in [0.4, 0.5) is 13.2 Å². The Hall–Kier alpha value is -3.98. The van der Waals surface area contributed by atoms with Crippen LogP contribution in [-0.4, -0.2) is 31.8 Å². The second-order valence-corrected chi connectivity index (χ2v) is 8.00. The van der Waals surface area contributed by atoms with Gasteiger partial charge in [-0.2, -0.15) is 5.26 Å². The third kappa shape index (κ3) is 4.99. The monoisotopic (exact) mass is 530 g/mol. The molecular weight excluding hydrogens is 517 g/mol. The largest absolute Gasteiger partial charge is 0.573 e. The first kappa shape index (κ1) is 23.2. The number of nitrogens with zero attached hydrogens (tertiary/aromatic N) is 5. The van der Waals surface area contributed by atoms with Gasteiger partial charge in [-0.3, -0.25) is 9.36 Å². The number of rotatable bonds is 5. The third-order valence-corrected chi connectivity index (χ3v) is 5.11. The van der Waals surface area contributed by atoms with Crippen molar-refractivity contribution in [1.29, 1.82) is 5.26 Å². The lowest BCUT2D eigenvalue weighted by Gasteiger charge is -2.16. The number of nitriles is 1. The van der Waals surface area contributed by atoms with E-state index in [9.17, 15) is 18.0 Å². The lowest BCUT2D eigenvalue weighted by molar-refractivity contribution is -0.274. The summed E-state index contributed by atoms with van der Waals surface area (Å²) < 4.78 is 43.7. The molecule has 1 aromatic carbocycles. The molecule has 0 aliphatic rings. The maximum Gasteiger partial charge on any atom is 0.573 e. The molecule has 3 heterocycles. The molecule has 12 heteroatoms.